The van der Waals surface area contributed by atoms with Crippen molar-refractivity contribution in [2.75, 3.05) is 0 Å². The molecule has 0 heterocycles. The first-order valence-corrected chi connectivity index (χ1v) is 5.41. The first-order valence-electron chi connectivity index (χ1n) is 3.65. The van der Waals surface area contributed by atoms with E-state index in [1.165, 1.54) is 32.1 Å². The van der Waals surface area contributed by atoms with Crippen molar-refractivity contribution in [3.63, 3.8) is 0 Å². The normalized spacial score (nSPS) is 27.2. The third-order valence-electron chi connectivity index (χ3n) is 1.67. The molecular formula is C6H12IN. The van der Waals surface area contributed by atoms with Crippen LogP contribution in [-0.2, 0) is 0 Å². The van der Waals surface area contributed by atoms with E-state index in [0.717, 1.165) is 3.92 Å². The molecule has 0 aromatic heterocycles. The standard InChI is InChI=1S/C6H12IN/c8-7-6-4-2-1-3-5-6/h6,8H,1-5H2/i/hD. The summed E-state index contributed by atoms with van der Waals surface area (Å²) in [7, 11) is 0. The summed E-state index contributed by atoms with van der Waals surface area (Å²) in [4.78, 5) is 0. The van der Waals surface area contributed by atoms with Crippen molar-refractivity contribution >= 4 is 21.0 Å². The Morgan fingerprint density at radius 1 is 1.38 bits per heavy atom. The van der Waals surface area contributed by atoms with E-state index in [9.17, 15) is 0 Å². The fraction of sp³-hybridized carbons (Fsp3) is 1.00. The fourth-order valence-corrected chi connectivity index (χ4v) is 2.59. The molecule has 0 aromatic rings. The lowest BCUT2D eigenvalue weighted by molar-refractivity contribution is 0.528. The van der Waals surface area contributed by atoms with Crippen molar-refractivity contribution in [2.45, 2.75) is 36.0 Å². The van der Waals surface area contributed by atoms with Gasteiger partial charge in [-0.1, -0.05) is 19.3 Å². The van der Waals surface area contributed by atoms with Crippen molar-refractivity contribution in [2.24, 2.45) is 0 Å². The number of hydrogen-bond acceptors (Lipinski definition) is 1. The van der Waals surface area contributed by atoms with Crippen LogP contribution in [-0.4, -0.2) is 3.92 Å². The Labute approximate surface area is 62.3 Å². The molecule has 0 atom stereocenters. The van der Waals surface area contributed by atoms with Crippen LogP contribution in [0.5, 0.6) is 0 Å². The molecule has 0 bridgehead atoms. The molecule has 0 unspecified atom stereocenters. The average molecular weight is 226 g/mol. The average Bonchev–Trinajstić information content (AvgIpc) is 1.91. The van der Waals surface area contributed by atoms with Gasteiger partial charge in [0.05, 0.1) is 0 Å². The Kier molecular flexibility index (Phi) is 2.35. The minimum Gasteiger partial charge on any atom is -0.278 e. The minimum atomic E-state index is -0.101. The van der Waals surface area contributed by atoms with Gasteiger partial charge in [-0.2, -0.15) is 0 Å². The summed E-state index contributed by atoms with van der Waals surface area (Å²) in [5.41, 5.74) is 0. The van der Waals surface area contributed by atoms with Gasteiger partial charge in [0.1, 0.15) is 0 Å². The molecule has 1 rings (SSSR count). The number of rotatable bonds is 1. The van der Waals surface area contributed by atoms with Gasteiger partial charge in [-0.25, -0.2) is 0 Å². The third-order valence-corrected chi connectivity index (χ3v) is 3.71. The Balaban J connectivity index is 2.23. The number of nitrogens with one attached hydrogen (secondary N) is 1. The maximum absolute atomic E-state index is 6.71. The first-order chi connectivity index (χ1) is 4.43. The van der Waals surface area contributed by atoms with E-state index in [4.69, 9.17) is 1.41 Å². The van der Waals surface area contributed by atoms with Gasteiger partial charge in [0.15, 0.2) is 1.41 Å². The number of alkyl halides is 1. The largest absolute Gasteiger partial charge is 0.278 e. The first kappa shape index (κ1) is 5.33. The van der Waals surface area contributed by atoms with Crippen LogP contribution in [0.25, 0.3) is 0 Å². The van der Waals surface area contributed by atoms with E-state index in [1.807, 2.05) is 0 Å². The zero-order valence-corrected chi connectivity index (χ0v) is 7.10. The summed E-state index contributed by atoms with van der Waals surface area (Å²) in [6, 6.07) is 0. The highest BCUT2D eigenvalue weighted by Crippen LogP contribution is 2.26. The molecule has 0 amide bonds. The predicted molar refractivity (Wildman–Crippen MR) is 43.6 cm³/mol. The SMILES string of the molecule is [2H]N=IC1CCCCC1. The second kappa shape index (κ2) is 3.54. The van der Waals surface area contributed by atoms with Crippen LogP contribution in [0.3, 0.4) is 0 Å². The maximum Gasteiger partial charge on any atom is 0.194 e. The molecule has 1 aliphatic carbocycles. The molecule has 1 saturated carbocycles. The zero-order chi connectivity index (χ0) is 6.53. The topological polar surface area (TPSA) is 23.9 Å². The molecule has 0 saturated heterocycles. The second-order valence-corrected chi connectivity index (χ2v) is 4.65. The molecule has 1 nitrogen and oxygen atoms in total. The van der Waals surface area contributed by atoms with Crippen LogP contribution < -0.4 is 0 Å². The smallest absolute Gasteiger partial charge is 0.194 e. The van der Waals surface area contributed by atoms with E-state index >= 15 is 0 Å². The summed E-state index contributed by atoms with van der Waals surface area (Å²) in [6.07, 6.45) is 6.91. The van der Waals surface area contributed by atoms with Crippen LogP contribution in [0.15, 0.2) is 0 Å². The molecule has 8 heavy (non-hydrogen) atoms. The van der Waals surface area contributed by atoms with E-state index in [-0.39, 0.29) is 21.0 Å². The van der Waals surface area contributed by atoms with Gasteiger partial charge in [0.25, 0.3) is 0 Å². The van der Waals surface area contributed by atoms with Gasteiger partial charge in [-0.15, -0.1) is 0 Å². The summed E-state index contributed by atoms with van der Waals surface area (Å²) in [5.74, 6) is 0. The molecule has 1 aliphatic rings. The summed E-state index contributed by atoms with van der Waals surface area (Å²) in [5, 5.41) is 0. The lowest BCUT2D eigenvalue weighted by atomic mass is 10.0. The lowest BCUT2D eigenvalue weighted by Crippen LogP contribution is -2.03. The molecule has 2 heteroatoms. The summed E-state index contributed by atoms with van der Waals surface area (Å²) >= 11 is -0.101. The molecule has 0 aromatic carbocycles. The van der Waals surface area contributed by atoms with E-state index in [1.54, 1.807) is 0 Å². The van der Waals surface area contributed by atoms with Gasteiger partial charge in [-0.3, -0.25) is 3.55 Å². The molecular weight excluding hydrogens is 213 g/mol. The van der Waals surface area contributed by atoms with Crippen LogP contribution in [0, 0.1) is 3.55 Å². The van der Waals surface area contributed by atoms with Gasteiger partial charge < -0.3 is 0 Å². The van der Waals surface area contributed by atoms with Crippen molar-refractivity contribution < 1.29 is 1.41 Å². The maximum atomic E-state index is 6.71. The number of hydrogen-bond donors (Lipinski definition) is 1. The predicted octanol–water partition coefficient (Wildman–Crippen LogP) is 3.05. The summed E-state index contributed by atoms with van der Waals surface area (Å²) in [6.45, 7) is 0. The Hall–Kier alpha value is 0.530. The van der Waals surface area contributed by atoms with Gasteiger partial charge in [-0.05, 0) is 33.9 Å². The number of halogens is 1. The molecule has 1 fully saturated rings. The van der Waals surface area contributed by atoms with Crippen molar-refractivity contribution in [3.8, 4) is 0 Å². The Bertz CT molecular complexity index is 99.2. The van der Waals surface area contributed by atoms with Crippen LogP contribution >= 0.6 is 21.0 Å². The molecule has 0 spiro atoms. The minimum absolute atomic E-state index is 0.101. The van der Waals surface area contributed by atoms with Crippen LogP contribution in [0.1, 0.15) is 32.1 Å². The third kappa shape index (κ3) is 1.80. The Morgan fingerprint density at radius 3 is 2.75 bits per heavy atom. The van der Waals surface area contributed by atoms with E-state index in [0.29, 0.717) is 0 Å². The monoisotopic (exact) mass is 226 g/mol. The van der Waals surface area contributed by atoms with E-state index < -0.39 is 0 Å². The fourth-order valence-electron chi connectivity index (χ4n) is 1.15. The zero-order valence-electron chi connectivity index (χ0n) is 5.94. The summed E-state index contributed by atoms with van der Waals surface area (Å²) < 4.78 is 11.1. The molecule has 0 aliphatic heterocycles. The van der Waals surface area contributed by atoms with Crippen molar-refractivity contribution in [3.05, 3.63) is 0 Å². The van der Waals surface area contributed by atoms with E-state index in [2.05, 4.69) is 3.55 Å². The van der Waals surface area contributed by atoms with Gasteiger partial charge >= 0.3 is 0 Å². The quantitative estimate of drug-likeness (QED) is 0.524. The highest BCUT2D eigenvalue weighted by molar-refractivity contribution is 14.1. The second-order valence-electron chi connectivity index (χ2n) is 2.33. The van der Waals surface area contributed by atoms with Crippen LogP contribution in [0.2, 0.25) is 1.41 Å². The van der Waals surface area contributed by atoms with Crippen molar-refractivity contribution in [1.82, 2.24) is 0 Å². The van der Waals surface area contributed by atoms with Crippen molar-refractivity contribution in [1.29, 1.82) is 3.55 Å². The molecule has 1 N–H and O–H groups in total. The Morgan fingerprint density at radius 2 is 2.12 bits per heavy atom. The van der Waals surface area contributed by atoms with Gasteiger partial charge in [0.2, 0.25) is 0 Å². The van der Waals surface area contributed by atoms with Crippen LogP contribution in [0.4, 0.5) is 0 Å². The molecule has 48 valence electrons. The van der Waals surface area contributed by atoms with Gasteiger partial charge in [0, 0.05) is 3.92 Å². The highest BCUT2D eigenvalue weighted by Gasteiger charge is 2.09. The highest BCUT2D eigenvalue weighted by atomic mass is 127. The molecule has 0 radical (unpaired) electrons. The lowest BCUT2D eigenvalue weighted by Gasteiger charge is -2.14.